The smallest absolute Gasteiger partial charge is 0.417 e. The van der Waals surface area contributed by atoms with Crippen LogP contribution in [-0.2, 0) is 6.18 Å². The number of anilines is 3. The molecule has 2 aliphatic rings. The molecule has 2 aromatic heterocycles. The Morgan fingerprint density at radius 3 is 2.45 bits per heavy atom. The molecule has 1 saturated heterocycles. The number of alkyl halides is 3. The van der Waals surface area contributed by atoms with E-state index >= 15 is 4.39 Å². The number of H-pyrrole nitrogens is 1. The van der Waals surface area contributed by atoms with Crippen molar-refractivity contribution in [1.29, 1.82) is 0 Å². The van der Waals surface area contributed by atoms with E-state index in [9.17, 15) is 22.8 Å². The van der Waals surface area contributed by atoms with E-state index in [-0.39, 0.29) is 23.3 Å². The van der Waals surface area contributed by atoms with Crippen LogP contribution < -0.4 is 25.4 Å². The molecule has 44 heavy (non-hydrogen) atoms. The number of rotatable bonds is 6. The fourth-order valence-electron chi connectivity index (χ4n) is 5.59. The van der Waals surface area contributed by atoms with E-state index in [1.165, 1.54) is 25.6 Å². The monoisotopic (exact) mass is 615 g/mol. The van der Waals surface area contributed by atoms with Gasteiger partial charge in [0, 0.05) is 62.2 Å². The van der Waals surface area contributed by atoms with Gasteiger partial charge in [0.05, 0.1) is 29.6 Å². The number of nitrogens with one attached hydrogen (secondary N) is 2. The largest absolute Gasteiger partial charge is 0.481 e. The Hall–Kier alpha value is -4.46. The van der Waals surface area contributed by atoms with Crippen LogP contribution in [0, 0.1) is 5.82 Å². The van der Waals surface area contributed by atoms with Crippen LogP contribution in [0.15, 0.2) is 47.7 Å². The Morgan fingerprint density at radius 2 is 1.82 bits per heavy atom. The fourth-order valence-corrected chi connectivity index (χ4v) is 5.59. The lowest BCUT2D eigenvalue weighted by molar-refractivity contribution is -0.138. The van der Waals surface area contributed by atoms with Gasteiger partial charge in [-0.3, -0.25) is 14.5 Å². The number of ether oxygens (including phenoxy) is 1. The normalized spacial score (nSPS) is 19.5. The van der Waals surface area contributed by atoms with E-state index < -0.39 is 34.6 Å². The molecule has 1 unspecified atom stereocenters. The highest BCUT2D eigenvalue weighted by Gasteiger charge is 2.36. The number of piperazine rings is 1. The minimum absolute atomic E-state index is 0.0912. The molecule has 14 heteroatoms. The highest BCUT2D eigenvalue weighted by atomic mass is 19.4. The van der Waals surface area contributed by atoms with Gasteiger partial charge in [-0.2, -0.15) is 13.2 Å². The predicted molar refractivity (Wildman–Crippen MR) is 159 cm³/mol. The summed E-state index contributed by atoms with van der Waals surface area (Å²) in [5.41, 5.74) is -1.66. The Balaban J connectivity index is 1.52. The van der Waals surface area contributed by atoms with Crippen LogP contribution in [0.3, 0.4) is 0 Å². The maximum Gasteiger partial charge on any atom is 0.417 e. The van der Waals surface area contributed by atoms with Crippen LogP contribution in [0.4, 0.5) is 34.8 Å². The number of nitrogens with zero attached hydrogens (tertiary/aromatic N) is 5. The molecule has 234 valence electrons. The van der Waals surface area contributed by atoms with Gasteiger partial charge in [0.25, 0.3) is 5.91 Å². The summed E-state index contributed by atoms with van der Waals surface area (Å²) in [6, 6.07) is 5.04. The van der Waals surface area contributed by atoms with Crippen molar-refractivity contribution in [2.75, 3.05) is 55.5 Å². The van der Waals surface area contributed by atoms with Gasteiger partial charge < -0.3 is 24.8 Å². The van der Waals surface area contributed by atoms with Crippen LogP contribution in [0.25, 0.3) is 5.57 Å². The average molecular weight is 616 g/mol. The third-order valence-electron chi connectivity index (χ3n) is 8.22. The number of halogens is 4. The third kappa shape index (κ3) is 6.39. The lowest BCUT2D eigenvalue weighted by Crippen LogP contribution is -2.55. The first kappa shape index (κ1) is 31.0. The van der Waals surface area contributed by atoms with Crippen LogP contribution in [0.1, 0.15) is 41.8 Å². The van der Waals surface area contributed by atoms with Crippen molar-refractivity contribution in [3.63, 3.8) is 0 Å². The summed E-state index contributed by atoms with van der Waals surface area (Å²) in [6.45, 7) is 5.98. The van der Waals surface area contributed by atoms with Crippen LogP contribution in [0.2, 0.25) is 0 Å². The molecule has 2 aliphatic heterocycles. The number of methoxy groups -OCH3 is 1. The summed E-state index contributed by atoms with van der Waals surface area (Å²) in [5.74, 6) is -0.532. The van der Waals surface area contributed by atoms with Gasteiger partial charge in [0.1, 0.15) is 18.0 Å². The minimum atomic E-state index is -4.94. The van der Waals surface area contributed by atoms with Gasteiger partial charge in [-0.15, -0.1) is 0 Å². The average Bonchev–Trinajstić information content (AvgIpc) is 3.00. The molecule has 0 saturated carbocycles. The van der Waals surface area contributed by atoms with E-state index in [2.05, 4.69) is 25.2 Å². The van der Waals surface area contributed by atoms with Gasteiger partial charge in [0.15, 0.2) is 0 Å². The SMILES string of the molecule is COc1cc(N2CC=C(c3cc(NC(=O)c4c[nH]c(=O)cc4C(F)(F)F)c(N4CC(C)N(C)[C@@H](C)C4)cc3F)CC2)ncn1. The molecular formula is C30H33F4N7O3. The zero-order chi connectivity index (χ0) is 31.8. The predicted octanol–water partition coefficient (Wildman–Crippen LogP) is 4.41. The number of likely N-dealkylation sites (N-methyl/N-ethyl adjacent to an activating group) is 1. The number of aromatic nitrogens is 3. The number of hydrogen-bond donors (Lipinski definition) is 2. The summed E-state index contributed by atoms with van der Waals surface area (Å²) < 4.78 is 62.3. The third-order valence-corrected chi connectivity index (χ3v) is 8.22. The zero-order valence-electron chi connectivity index (χ0n) is 24.7. The van der Waals surface area contributed by atoms with E-state index in [0.717, 1.165) is 6.20 Å². The lowest BCUT2D eigenvalue weighted by atomic mass is 9.96. The highest BCUT2D eigenvalue weighted by Crippen LogP contribution is 2.37. The van der Waals surface area contributed by atoms with Gasteiger partial charge in [-0.25, -0.2) is 14.4 Å². The first-order valence-corrected chi connectivity index (χ1v) is 14.1. The maximum absolute atomic E-state index is 15.9. The molecule has 1 amide bonds. The number of amides is 1. The summed E-state index contributed by atoms with van der Waals surface area (Å²) in [4.78, 5) is 41.5. The number of pyridine rings is 1. The van der Waals surface area contributed by atoms with Gasteiger partial charge in [-0.1, -0.05) is 6.08 Å². The molecule has 2 N–H and O–H groups in total. The van der Waals surface area contributed by atoms with Gasteiger partial charge in [-0.05, 0) is 45.0 Å². The van der Waals surface area contributed by atoms with Crippen molar-refractivity contribution < 1.29 is 27.1 Å². The molecule has 4 heterocycles. The van der Waals surface area contributed by atoms with Crippen molar-refractivity contribution in [1.82, 2.24) is 19.9 Å². The number of carbonyl (C=O) groups excluding carboxylic acids is 1. The first-order valence-electron chi connectivity index (χ1n) is 14.1. The standard InChI is InChI=1S/C30H33F4N7O3/c1-17-14-41(15-18(2)39(17)3)25-11-23(31)20(19-5-7-40(8-6-19)26-12-28(44-4)37-16-36-26)9-24(25)38-29(43)21-13-35-27(42)10-22(21)30(32,33)34/h5,9-13,16-18H,6-8,14-15H2,1-4H3,(H,35,42)(H,38,43)/t17-,18?/m0/s1. The highest BCUT2D eigenvalue weighted by molar-refractivity contribution is 6.07. The van der Waals surface area contributed by atoms with E-state index in [1.54, 1.807) is 6.07 Å². The molecule has 2 atom stereocenters. The van der Waals surface area contributed by atoms with Crippen LogP contribution in [-0.4, -0.2) is 78.2 Å². The number of benzene rings is 1. The summed E-state index contributed by atoms with van der Waals surface area (Å²) in [7, 11) is 3.50. The van der Waals surface area contributed by atoms with Crippen molar-refractivity contribution in [2.24, 2.45) is 0 Å². The second-order valence-corrected chi connectivity index (χ2v) is 11.0. The first-order chi connectivity index (χ1) is 20.8. The number of hydrogen-bond acceptors (Lipinski definition) is 8. The van der Waals surface area contributed by atoms with Gasteiger partial charge >= 0.3 is 6.18 Å². The summed E-state index contributed by atoms with van der Waals surface area (Å²) in [5, 5.41) is 2.60. The maximum atomic E-state index is 15.9. The van der Waals surface area contributed by atoms with E-state index in [4.69, 9.17) is 4.74 Å². The fraction of sp³-hybridized carbons (Fsp3) is 0.400. The molecule has 0 aliphatic carbocycles. The molecule has 1 aromatic carbocycles. The van der Waals surface area contributed by atoms with Crippen LogP contribution >= 0.6 is 0 Å². The number of carbonyl (C=O) groups is 1. The Kier molecular flexibility index (Phi) is 8.64. The molecule has 10 nitrogen and oxygen atoms in total. The molecule has 0 spiro atoms. The lowest BCUT2D eigenvalue weighted by Gasteiger charge is -2.44. The zero-order valence-corrected chi connectivity index (χ0v) is 24.7. The molecule has 5 rings (SSSR count). The molecule has 3 aromatic rings. The minimum Gasteiger partial charge on any atom is -0.481 e. The number of aromatic amines is 1. The Bertz CT molecular complexity index is 1630. The molecule has 0 radical (unpaired) electrons. The van der Waals surface area contributed by atoms with Crippen molar-refractivity contribution in [3.8, 4) is 5.88 Å². The Morgan fingerprint density at radius 1 is 1.09 bits per heavy atom. The summed E-state index contributed by atoms with van der Waals surface area (Å²) in [6.07, 6.45) is -0.507. The van der Waals surface area contributed by atoms with Crippen LogP contribution in [0.5, 0.6) is 5.88 Å². The second-order valence-electron chi connectivity index (χ2n) is 11.0. The van der Waals surface area contributed by atoms with Crippen molar-refractivity contribution in [3.05, 3.63) is 75.7 Å². The van der Waals surface area contributed by atoms with Crippen molar-refractivity contribution >= 4 is 28.7 Å². The second kappa shape index (κ2) is 12.3. The summed E-state index contributed by atoms with van der Waals surface area (Å²) >= 11 is 0. The molecular weight excluding hydrogens is 582 g/mol. The van der Waals surface area contributed by atoms with E-state index in [0.29, 0.717) is 61.6 Å². The topological polar surface area (TPSA) is 107 Å². The van der Waals surface area contributed by atoms with Gasteiger partial charge in [0.2, 0.25) is 11.4 Å². The molecule has 1 fully saturated rings. The van der Waals surface area contributed by atoms with Crippen molar-refractivity contribution in [2.45, 2.75) is 38.5 Å². The Labute approximate surface area is 251 Å². The quantitative estimate of drug-likeness (QED) is 0.393. The van der Waals surface area contributed by atoms with E-state index in [1.807, 2.05) is 36.8 Å². The molecule has 0 bridgehead atoms.